The van der Waals surface area contributed by atoms with Crippen molar-refractivity contribution < 1.29 is 0 Å². The normalized spacial score (nSPS) is 12.2. The van der Waals surface area contributed by atoms with Crippen LogP contribution >= 0.6 is 45.3 Å². The Morgan fingerprint density at radius 1 is 0.380 bits per heavy atom. The highest BCUT2D eigenvalue weighted by molar-refractivity contribution is 7.15. The summed E-state index contributed by atoms with van der Waals surface area (Å²) in [6.45, 7) is 9.30. The summed E-state index contributed by atoms with van der Waals surface area (Å²) in [6, 6.07) is 8.82. The zero-order chi connectivity index (χ0) is 35.2. The molecule has 4 heteroatoms. The van der Waals surface area contributed by atoms with E-state index in [1.807, 2.05) is 45.3 Å². The zero-order valence-electron chi connectivity index (χ0n) is 31.7. The van der Waals surface area contributed by atoms with Crippen LogP contribution in [0.15, 0.2) is 35.0 Å². The molecule has 0 nitrogen and oxygen atoms in total. The van der Waals surface area contributed by atoms with Gasteiger partial charge in [0, 0.05) is 29.3 Å². The van der Waals surface area contributed by atoms with Crippen LogP contribution in [0, 0.1) is 0 Å². The SMILES string of the molecule is CCCCCCc1c(/C=C/c2cccs2)sc(/C=C/c2sc(/C=C/c3cccs3)c(CCCCCC)c2CCCCCC)c1CCCCCC. The van der Waals surface area contributed by atoms with Crippen LogP contribution in [-0.4, -0.2) is 0 Å². The van der Waals surface area contributed by atoms with Gasteiger partial charge in [-0.05, 0) is 133 Å². The van der Waals surface area contributed by atoms with Crippen molar-refractivity contribution in [2.24, 2.45) is 0 Å². The first-order valence-electron chi connectivity index (χ1n) is 20.1. The van der Waals surface area contributed by atoms with E-state index >= 15 is 0 Å². The third kappa shape index (κ3) is 13.5. The highest BCUT2D eigenvalue weighted by Gasteiger charge is 2.18. The Balaban J connectivity index is 1.75. The topological polar surface area (TPSA) is 0 Å². The standard InChI is InChI=1S/C46H64S4/c1-5-9-13-17-25-39-41(27-19-15-11-7-3)45(49-43(39)31-29-37-23-21-35-47-37)33-34-46-42(28-20-16-12-8-4)40(26-18-14-10-6-2)44(50-46)32-30-38-24-22-36-48-38/h21-24,29-36H,5-20,25-28H2,1-4H3/b31-29+,32-30+,34-33+. The Labute approximate surface area is 322 Å². The molecule has 0 aromatic carbocycles. The van der Waals surface area contributed by atoms with Crippen molar-refractivity contribution in [2.45, 2.75) is 156 Å². The minimum absolute atomic E-state index is 1.21. The van der Waals surface area contributed by atoms with Crippen LogP contribution in [0.3, 0.4) is 0 Å². The Bertz CT molecular complexity index is 1420. The minimum Gasteiger partial charge on any atom is -0.144 e. The Morgan fingerprint density at radius 3 is 0.940 bits per heavy atom. The van der Waals surface area contributed by atoms with Crippen LogP contribution in [0.2, 0.25) is 0 Å². The molecule has 0 radical (unpaired) electrons. The summed E-state index contributed by atoms with van der Waals surface area (Å²) in [5, 5.41) is 4.38. The fourth-order valence-corrected chi connectivity index (χ4v) is 10.5. The van der Waals surface area contributed by atoms with Crippen LogP contribution in [0.4, 0.5) is 0 Å². The van der Waals surface area contributed by atoms with Crippen molar-refractivity contribution in [2.75, 3.05) is 0 Å². The molecule has 0 saturated carbocycles. The van der Waals surface area contributed by atoms with Crippen LogP contribution in [0.25, 0.3) is 36.5 Å². The zero-order valence-corrected chi connectivity index (χ0v) is 35.0. The lowest BCUT2D eigenvalue weighted by atomic mass is 9.95. The summed E-state index contributed by atoms with van der Waals surface area (Å²) in [5.41, 5.74) is 6.56. The average molecular weight is 745 g/mol. The van der Waals surface area contributed by atoms with E-state index in [1.165, 1.54) is 158 Å². The predicted molar refractivity (Wildman–Crippen MR) is 235 cm³/mol. The molecule has 0 bridgehead atoms. The lowest BCUT2D eigenvalue weighted by Gasteiger charge is -2.09. The monoisotopic (exact) mass is 744 g/mol. The first-order chi connectivity index (χ1) is 24.7. The molecule has 0 aliphatic heterocycles. The molecule has 4 heterocycles. The largest absolute Gasteiger partial charge is 0.144 e. The van der Waals surface area contributed by atoms with E-state index in [2.05, 4.69) is 99.2 Å². The van der Waals surface area contributed by atoms with Gasteiger partial charge in [0.2, 0.25) is 0 Å². The maximum atomic E-state index is 2.53. The quantitative estimate of drug-likeness (QED) is 0.0562. The third-order valence-electron chi connectivity index (χ3n) is 9.75. The van der Waals surface area contributed by atoms with Crippen molar-refractivity contribution in [3.8, 4) is 0 Å². The Hall–Kier alpha value is -1.98. The number of rotatable bonds is 26. The number of unbranched alkanes of at least 4 members (excludes halogenated alkanes) is 12. The molecule has 4 aromatic heterocycles. The molecule has 0 aliphatic carbocycles. The first-order valence-corrected chi connectivity index (χ1v) is 23.5. The Kier molecular flexibility index (Phi) is 19.8. The van der Waals surface area contributed by atoms with Gasteiger partial charge < -0.3 is 0 Å². The summed E-state index contributed by atoms with van der Waals surface area (Å²) < 4.78 is 0. The maximum Gasteiger partial charge on any atom is 0.0312 e. The number of hydrogen-bond donors (Lipinski definition) is 0. The third-order valence-corrected chi connectivity index (χ3v) is 13.8. The molecular weight excluding hydrogens is 681 g/mol. The van der Waals surface area contributed by atoms with E-state index in [9.17, 15) is 0 Å². The molecular formula is C46H64S4. The van der Waals surface area contributed by atoms with Gasteiger partial charge in [-0.3, -0.25) is 0 Å². The van der Waals surface area contributed by atoms with E-state index in [0.717, 1.165) is 0 Å². The average Bonchev–Trinajstić information content (AvgIpc) is 3.95. The van der Waals surface area contributed by atoms with Gasteiger partial charge in [0.1, 0.15) is 0 Å². The van der Waals surface area contributed by atoms with Gasteiger partial charge in [0.05, 0.1) is 0 Å². The molecule has 0 amide bonds. The van der Waals surface area contributed by atoms with E-state index in [4.69, 9.17) is 0 Å². The first kappa shape index (κ1) is 40.8. The van der Waals surface area contributed by atoms with Crippen LogP contribution < -0.4 is 0 Å². The second-order valence-electron chi connectivity index (χ2n) is 13.8. The van der Waals surface area contributed by atoms with E-state index in [0.29, 0.717) is 0 Å². The van der Waals surface area contributed by atoms with Crippen molar-refractivity contribution in [3.05, 3.63) is 86.5 Å². The molecule has 0 N–H and O–H groups in total. The van der Waals surface area contributed by atoms with Crippen molar-refractivity contribution in [1.29, 1.82) is 0 Å². The molecule has 0 spiro atoms. The molecule has 0 atom stereocenters. The lowest BCUT2D eigenvalue weighted by Crippen LogP contribution is -1.96. The summed E-state index contributed by atoms with van der Waals surface area (Å²) >= 11 is 7.77. The fraction of sp³-hybridized carbons (Fsp3) is 0.522. The molecule has 0 fully saturated rings. The van der Waals surface area contributed by atoms with Crippen molar-refractivity contribution in [3.63, 3.8) is 0 Å². The fourth-order valence-electron chi connectivity index (χ4n) is 6.87. The van der Waals surface area contributed by atoms with E-state index in [-0.39, 0.29) is 0 Å². The molecule has 4 rings (SSSR count). The summed E-state index contributed by atoms with van der Waals surface area (Å²) in [5.74, 6) is 0. The van der Waals surface area contributed by atoms with Crippen LogP contribution in [0.1, 0.15) is 182 Å². The van der Waals surface area contributed by atoms with Crippen LogP contribution in [0.5, 0.6) is 0 Å². The van der Waals surface area contributed by atoms with Crippen molar-refractivity contribution >= 4 is 81.8 Å². The van der Waals surface area contributed by atoms with Gasteiger partial charge in [-0.15, -0.1) is 45.3 Å². The summed E-state index contributed by atoms with van der Waals surface area (Å²) in [6.07, 6.45) is 40.5. The second kappa shape index (κ2) is 24.3. The molecule has 50 heavy (non-hydrogen) atoms. The second-order valence-corrected chi connectivity index (χ2v) is 18.0. The van der Waals surface area contributed by atoms with Crippen molar-refractivity contribution in [1.82, 2.24) is 0 Å². The number of hydrogen-bond acceptors (Lipinski definition) is 4. The van der Waals surface area contributed by atoms with Gasteiger partial charge >= 0.3 is 0 Å². The molecule has 0 saturated heterocycles. The minimum atomic E-state index is 1.21. The van der Waals surface area contributed by atoms with E-state index in [1.54, 1.807) is 22.3 Å². The maximum absolute atomic E-state index is 2.53. The van der Waals surface area contributed by atoms with Crippen LogP contribution in [-0.2, 0) is 25.7 Å². The lowest BCUT2D eigenvalue weighted by molar-refractivity contribution is 0.651. The predicted octanol–water partition coefficient (Wildman–Crippen LogP) is 16.9. The van der Waals surface area contributed by atoms with E-state index < -0.39 is 0 Å². The number of thiophene rings is 4. The smallest absolute Gasteiger partial charge is 0.0312 e. The highest BCUT2D eigenvalue weighted by Crippen LogP contribution is 2.38. The van der Waals surface area contributed by atoms with Gasteiger partial charge in [-0.2, -0.15) is 0 Å². The van der Waals surface area contributed by atoms with Gasteiger partial charge in [-0.25, -0.2) is 0 Å². The summed E-state index contributed by atoms with van der Waals surface area (Å²) in [4.78, 5) is 8.67. The van der Waals surface area contributed by atoms with Gasteiger partial charge in [0.25, 0.3) is 0 Å². The van der Waals surface area contributed by atoms with Gasteiger partial charge in [-0.1, -0.05) is 117 Å². The van der Waals surface area contributed by atoms with Gasteiger partial charge in [0.15, 0.2) is 0 Å². The molecule has 0 aliphatic rings. The summed E-state index contributed by atoms with van der Waals surface area (Å²) in [7, 11) is 0. The highest BCUT2D eigenvalue weighted by atomic mass is 32.1. The molecule has 4 aromatic rings. The Morgan fingerprint density at radius 2 is 0.680 bits per heavy atom. The molecule has 0 unspecified atom stereocenters. The molecule has 272 valence electrons.